The molecular formula is C25H35N3O3. The number of hydrogen-bond acceptors (Lipinski definition) is 3. The van der Waals surface area contributed by atoms with Gasteiger partial charge in [0.15, 0.2) is 0 Å². The van der Waals surface area contributed by atoms with Crippen molar-refractivity contribution in [3.8, 4) is 11.5 Å². The van der Waals surface area contributed by atoms with Gasteiger partial charge in [-0.05, 0) is 57.4 Å². The molecule has 0 aromatic carbocycles. The molecule has 6 heteroatoms. The molecule has 1 aliphatic carbocycles. The molecule has 2 aliphatic rings. The number of furan rings is 1. The van der Waals surface area contributed by atoms with Crippen LogP contribution in [0.1, 0.15) is 82.6 Å². The third-order valence-corrected chi connectivity index (χ3v) is 7.15. The number of carbonyl (C=O) groups is 2. The Labute approximate surface area is 185 Å². The highest BCUT2D eigenvalue weighted by Gasteiger charge is 2.49. The zero-order valence-electron chi connectivity index (χ0n) is 19.0. The number of fused-ring (bicyclic) bond motifs is 1. The molecule has 31 heavy (non-hydrogen) atoms. The fourth-order valence-corrected chi connectivity index (χ4v) is 5.19. The first-order valence-electron chi connectivity index (χ1n) is 11.8. The molecule has 2 amide bonds. The van der Waals surface area contributed by atoms with Gasteiger partial charge in [0, 0.05) is 12.1 Å². The Kier molecular flexibility index (Phi) is 6.26. The smallest absolute Gasteiger partial charge is 0.271 e. The Hall–Kier alpha value is -2.50. The molecule has 0 saturated heterocycles. The van der Waals surface area contributed by atoms with Gasteiger partial charge in [0.2, 0.25) is 5.91 Å². The summed E-state index contributed by atoms with van der Waals surface area (Å²) in [6.45, 7) is 6.43. The minimum atomic E-state index is -0.956. The van der Waals surface area contributed by atoms with Crippen LogP contribution in [0.5, 0.6) is 0 Å². The second-order valence-electron chi connectivity index (χ2n) is 9.39. The largest absolute Gasteiger partial charge is 0.463 e. The van der Waals surface area contributed by atoms with Crippen molar-refractivity contribution < 1.29 is 14.0 Å². The number of aromatic nitrogens is 1. The van der Waals surface area contributed by atoms with Crippen LogP contribution in [0.15, 0.2) is 34.9 Å². The molecule has 2 aromatic rings. The molecule has 2 atom stereocenters. The number of carbonyl (C=O) groups excluding carboxylic acids is 2. The van der Waals surface area contributed by atoms with E-state index < -0.39 is 5.54 Å². The van der Waals surface area contributed by atoms with E-state index in [-0.39, 0.29) is 23.9 Å². The quantitative estimate of drug-likeness (QED) is 0.734. The molecule has 4 rings (SSSR count). The third kappa shape index (κ3) is 4.04. The van der Waals surface area contributed by atoms with Crippen LogP contribution < -0.4 is 5.32 Å². The predicted molar refractivity (Wildman–Crippen MR) is 121 cm³/mol. The first-order chi connectivity index (χ1) is 15.0. The molecule has 6 nitrogen and oxygen atoms in total. The van der Waals surface area contributed by atoms with Crippen LogP contribution in [-0.2, 0) is 11.3 Å². The van der Waals surface area contributed by atoms with E-state index in [0.717, 1.165) is 37.8 Å². The lowest BCUT2D eigenvalue weighted by atomic mass is 9.90. The monoisotopic (exact) mass is 425 g/mol. The SMILES string of the molecule is CCC(C)N1C(=O)c2ccc(-c3ccco3)n2CC1(C)C(=O)NC1CCCCCCC1. The first-order valence-corrected chi connectivity index (χ1v) is 11.8. The van der Waals surface area contributed by atoms with Crippen LogP contribution in [0.25, 0.3) is 11.5 Å². The van der Waals surface area contributed by atoms with Gasteiger partial charge < -0.3 is 19.2 Å². The molecule has 1 N–H and O–H groups in total. The van der Waals surface area contributed by atoms with Gasteiger partial charge in [-0.15, -0.1) is 0 Å². The molecule has 3 heterocycles. The lowest BCUT2D eigenvalue weighted by Gasteiger charge is -2.47. The Bertz CT molecular complexity index is 909. The fourth-order valence-electron chi connectivity index (χ4n) is 5.19. The summed E-state index contributed by atoms with van der Waals surface area (Å²) in [6, 6.07) is 7.65. The summed E-state index contributed by atoms with van der Waals surface area (Å²) in [6.07, 6.45) is 10.5. The second-order valence-corrected chi connectivity index (χ2v) is 9.39. The van der Waals surface area contributed by atoms with Gasteiger partial charge in [-0.25, -0.2) is 0 Å². The third-order valence-electron chi connectivity index (χ3n) is 7.15. The van der Waals surface area contributed by atoms with Crippen molar-refractivity contribution in [1.29, 1.82) is 0 Å². The van der Waals surface area contributed by atoms with Crippen LogP contribution >= 0.6 is 0 Å². The van der Waals surface area contributed by atoms with Gasteiger partial charge in [0.25, 0.3) is 5.91 Å². The zero-order chi connectivity index (χ0) is 22.0. The van der Waals surface area contributed by atoms with E-state index in [2.05, 4.69) is 12.2 Å². The lowest BCUT2D eigenvalue weighted by molar-refractivity contribution is -0.135. The fraction of sp³-hybridized carbons (Fsp3) is 0.600. The molecular weight excluding hydrogens is 390 g/mol. The van der Waals surface area contributed by atoms with Crippen LogP contribution in [0.3, 0.4) is 0 Å². The molecule has 0 bridgehead atoms. The molecule has 2 aromatic heterocycles. The van der Waals surface area contributed by atoms with Crippen molar-refractivity contribution in [3.05, 3.63) is 36.2 Å². The number of hydrogen-bond donors (Lipinski definition) is 1. The number of nitrogens with one attached hydrogen (secondary N) is 1. The van der Waals surface area contributed by atoms with Gasteiger partial charge in [0.1, 0.15) is 17.0 Å². The van der Waals surface area contributed by atoms with Gasteiger partial charge >= 0.3 is 0 Å². The lowest BCUT2D eigenvalue weighted by Crippen LogP contribution is -2.67. The van der Waals surface area contributed by atoms with E-state index in [0.29, 0.717) is 18.0 Å². The van der Waals surface area contributed by atoms with Crippen molar-refractivity contribution in [1.82, 2.24) is 14.8 Å². The van der Waals surface area contributed by atoms with Crippen molar-refractivity contribution in [3.63, 3.8) is 0 Å². The Morgan fingerprint density at radius 1 is 1.16 bits per heavy atom. The minimum Gasteiger partial charge on any atom is -0.463 e. The highest BCUT2D eigenvalue weighted by molar-refractivity contribution is 6.00. The standard InChI is InChI=1S/C25H35N3O3/c1-4-18(2)28-23(29)21-15-14-20(22-13-10-16-31-22)27(21)17-25(28,3)24(30)26-19-11-8-6-5-7-9-12-19/h10,13-16,18-19H,4-9,11-12,17H2,1-3H3,(H,26,30). The summed E-state index contributed by atoms with van der Waals surface area (Å²) in [5.74, 6) is 0.573. The minimum absolute atomic E-state index is 0.0312. The molecule has 1 fully saturated rings. The number of amides is 2. The summed E-state index contributed by atoms with van der Waals surface area (Å²) >= 11 is 0. The molecule has 2 unspecified atom stereocenters. The van der Waals surface area contributed by atoms with Gasteiger partial charge in [0.05, 0.1) is 18.5 Å². The Balaban J connectivity index is 1.67. The van der Waals surface area contributed by atoms with E-state index in [4.69, 9.17) is 4.42 Å². The normalized spacial score (nSPS) is 23.7. The summed E-state index contributed by atoms with van der Waals surface area (Å²) in [5, 5.41) is 3.33. The van der Waals surface area contributed by atoms with E-state index in [1.165, 1.54) is 19.3 Å². The van der Waals surface area contributed by atoms with Gasteiger partial charge in [-0.3, -0.25) is 9.59 Å². The van der Waals surface area contributed by atoms with Crippen molar-refractivity contribution in [2.75, 3.05) is 0 Å². The maximum Gasteiger partial charge on any atom is 0.271 e. The van der Waals surface area contributed by atoms with Crippen LogP contribution in [0.4, 0.5) is 0 Å². The van der Waals surface area contributed by atoms with E-state index in [1.54, 1.807) is 6.26 Å². The predicted octanol–water partition coefficient (Wildman–Crippen LogP) is 4.99. The van der Waals surface area contributed by atoms with Crippen LogP contribution in [0, 0.1) is 0 Å². The van der Waals surface area contributed by atoms with E-state index >= 15 is 0 Å². The molecule has 168 valence electrons. The van der Waals surface area contributed by atoms with E-state index in [1.807, 2.05) is 47.6 Å². The maximum absolute atomic E-state index is 13.8. The molecule has 1 saturated carbocycles. The van der Waals surface area contributed by atoms with Crippen LogP contribution in [-0.4, -0.2) is 38.9 Å². The summed E-state index contributed by atoms with van der Waals surface area (Å²) < 4.78 is 7.56. The topological polar surface area (TPSA) is 67.5 Å². The highest BCUT2D eigenvalue weighted by Crippen LogP contribution is 2.35. The number of rotatable bonds is 5. The number of nitrogens with zero attached hydrogens (tertiary/aromatic N) is 2. The maximum atomic E-state index is 13.8. The summed E-state index contributed by atoms with van der Waals surface area (Å²) in [5.41, 5.74) is 0.493. The van der Waals surface area contributed by atoms with Gasteiger partial charge in [-0.2, -0.15) is 0 Å². The van der Waals surface area contributed by atoms with Crippen molar-refractivity contribution >= 4 is 11.8 Å². The Morgan fingerprint density at radius 2 is 1.84 bits per heavy atom. The van der Waals surface area contributed by atoms with Gasteiger partial charge in [-0.1, -0.05) is 39.0 Å². The average molecular weight is 426 g/mol. The van der Waals surface area contributed by atoms with Crippen molar-refractivity contribution in [2.24, 2.45) is 0 Å². The summed E-state index contributed by atoms with van der Waals surface area (Å²) in [7, 11) is 0. The van der Waals surface area contributed by atoms with Crippen molar-refractivity contribution in [2.45, 2.75) is 96.3 Å². The first kappa shape index (κ1) is 21.7. The zero-order valence-corrected chi connectivity index (χ0v) is 19.0. The summed E-state index contributed by atoms with van der Waals surface area (Å²) in [4.78, 5) is 29.2. The average Bonchev–Trinajstić information content (AvgIpc) is 3.39. The Morgan fingerprint density at radius 3 is 2.48 bits per heavy atom. The van der Waals surface area contributed by atoms with E-state index in [9.17, 15) is 9.59 Å². The molecule has 0 spiro atoms. The molecule has 1 aliphatic heterocycles. The highest BCUT2D eigenvalue weighted by atomic mass is 16.3. The second kappa shape index (κ2) is 8.93. The van der Waals surface area contributed by atoms with Crippen LogP contribution in [0.2, 0.25) is 0 Å². The molecule has 0 radical (unpaired) electrons.